The van der Waals surface area contributed by atoms with Crippen LogP contribution in [-0.4, -0.2) is 33.3 Å². The second-order valence-corrected chi connectivity index (χ2v) is 7.21. The first-order valence-corrected chi connectivity index (χ1v) is 9.11. The monoisotopic (exact) mass is 361 g/mol. The first-order chi connectivity index (χ1) is 12.1. The van der Waals surface area contributed by atoms with Gasteiger partial charge in [-0.3, -0.25) is 4.99 Å². The second-order valence-electron chi connectivity index (χ2n) is 5.84. The molecule has 0 aliphatic heterocycles. The molecule has 0 aliphatic rings. The Hall–Kier alpha value is -2.21. The number of guanidine groups is 1. The van der Waals surface area contributed by atoms with E-state index in [0.29, 0.717) is 6.54 Å². The smallest absolute Gasteiger partial charge is 0.191 e. The molecule has 6 heteroatoms. The molecule has 1 heterocycles. The topological polar surface area (TPSA) is 54.9 Å². The van der Waals surface area contributed by atoms with Crippen molar-refractivity contribution in [3.05, 3.63) is 45.6 Å². The van der Waals surface area contributed by atoms with Crippen LogP contribution in [0.2, 0.25) is 0 Å². The summed E-state index contributed by atoms with van der Waals surface area (Å²) in [6.07, 6.45) is 0.974. The number of hydrogen-bond donors (Lipinski definition) is 2. The lowest BCUT2D eigenvalue weighted by Gasteiger charge is -2.18. The number of aryl methyl sites for hydroxylation is 1. The summed E-state index contributed by atoms with van der Waals surface area (Å²) in [5.41, 5.74) is 1.02. The molecule has 0 saturated heterocycles. The molecule has 0 amide bonds. The van der Waals surface area contributed by atoms with Gasteiger partial charge < -0.3 is 20.1 Å². The fraction of sp³-hybridized carbons (Fsp3) is 0.421. The third kappa shape index (κ3) is 5.39. The first kappa shape index (κ1) is 19.1. The van der Waals surface area contributed by atoms with E-state index in [4.69, 9.17) is 9.47 Å². The highest BCUT2D eigenvalue weighted by Crippen LogP contribution is 2.30. The quantitative estimate of drug-likeness (QED) is 0.586. The third-order valence-corrected chi connectivity index (χ3v) is 4.86. The average molecular weight is 362 g/mol. The maximum absolute atomic E-state index is 5.47. The Bertz CT molecular complexity index is 712. The molecule has 0 spiro atoms. The SMILES string of the molecule is CN=C(NCc1cccc(OC)c1OC)NC(C)Cc1ccc(C)s1. The third-order valence-electron chi connectivity index (χ3n) is 3.84. The summed E-state index contributed by atoms with van der Waals surface area (Å²) in [5.74, 6) is 2.24. The van der Waals surface area contributed by atoms with Gasteiger partial charge in [-0.25, -0.2) is 0 Å². The average Bonchev–Trinajstić information content (AvgIpc) is 3.02. The predicted molar refractivity (Wildman–Crippen MR) is 105 cm³/mol. The zero-order valence-corrected chi connectivity index (χ0v) is 16.4. The highest BCUT2D eigenvalue weighted by Gasteiger charge is 2.11. The van der Waals surface area contributed by atoms with Crippen molar-refractivity contribution in [3.8, 4) is 11.5 Å². The van der Waals surface area contributed by atoms with Crippen LogP contribution in [0.4, 0.5) is 0 Å². The van der Waals surface area contributed by atoms with Gasteiger partial charge in [-0.05, 0) is 32.0 Å². The van der Waals surface area contributed by atoms with E-state index in [1.165, 1.54) is 9.75 Å². The van der Waals surface area contributed by atoms with Crippen LogP contribution in [-0.2, 0) is 13.0 Å². The van der Waals surface area contributed by atoms with Crippen molar-refractivity contribution in [2.45, 2.75) is 32.9 Å². The number of nitrogens with zero attached hydrogens (tertiary/aromatic N) is 1. The zero-order valence-electron chi connectivity index (χ0n) is 15.6. The number of thiophene rings is 1. The van der Waals surface area contributed by atoms with Crippen LogP contribution in [0.3, 0.4) is 0 Å². The van der Waals surface area contributed by atoms with E-state index < -0.39 is 0 Å². The molecule has 1 unspecified atom stereocenters. The number of benzene rings is 1. The van der Waals surface area contributed by atoms with Crippen molar-refractivity contribution in [3.63, 3.8) is 0 Å². The van der Waals surface area contributed by atoms with Gasteiger partial charge in [0.15, 0.2) is 17.5 Å². The van der Waals surface area contributed by atoms with Gasteiger partial charge in [0, 0.05) is 41.4 Å². The number of methoxy groups -OCH3 is 2. The van der Waals surface area contributed by atoms with Gasteiger partial charge in [0.2, 0.25) is 0 Å². The van der Waals surface area contributed by atoms with Crippen molar-refractivity contribution in [1.82, 2.24) is 10.6 Å². The van der Waals surface area contributed by atoms with Crippen LogP contribution in [0.15, 0.2) is 35.3 Å². The number of ether oxygens (including phenoxy) is 2. The summed E-state index contributed by atoms with van der Waals surface area (Å²) in [6, 6.07) is 10.5. The molecule has 25 heavy (non-hydrogen) atoms. The minimum absolute atomic E-state index is 0.288. The Kier molecular flexibility index (Phi) is 7.13. The summed E-state index contributed by atoms with van der Waals surface area (Å²) in [4.78, 5) is 7.03. The lowest BCUT2D eigenvalue weighted by atomic mass is 10.2. The molecule has 1 atom stereocenters. The Labute approximate surface area is 154 Å². The fourth-order valence-electron chi connectivity index (χ4n) is 2.65. The number of hydrogen-bond acceptors (Lipinski definition) is 4. The van der Waals surface area contributed by atoms with E-state index in [-0.39, 0.29) is 6.04 Å². The molecule has 0 fully saturated rings. The van der Waals surface area contributed by atoms with E-state index in [1.54, 1.807) is 21.3 Å². The van der Waals surface area contributed by atoms with Gasteiger partial charge in [0.05, 0.1) is 14.2 Å². The molecule has 1 aromatic heterocycles. The normalized spacial score (nSPS) is 12.6. The minimum atomic E-state index is 0.288. The highest BCUT2D eigenvalue weighted by molar-refractivity contribution is 7.11. The Balaban J connectivity index is 1.94. The van der Waals surface area contributed by atoms with Gasteiger partial charge >= 0.3 is 0 Å². The molecule has 136 valence electrons. The molecule has 0 radical (unpaired) electrons. The molecule has 5 nitrogen and oxygen atoms in total. The zero-order chi connectivity index (χ0) is 18.2. The highest BCUT2D eigenvalue weighted by atomic mass is 32.1. The van der Waals surface area contributed by atoms with E-state index in [9.17, 15) is 0 Å². The van der Waals surface area contributed by atoms with Gasteiger partial charge in [-0.2, -0.15) is 0 Å². The van der Waals surface area contributed by atoms with E-state index in [1.807, 2.05) is 29.5 Å². The van der Waals surface area contributed by atoms with E-state index in [2.05, 4.69) is 41.6 Å². The summed E-state index contributed by atoms with van der Waals surface area (Å²) < 4.78 is 10.8. The lowest BCUT2D eigenvalue weighted by Crippen LogP contribution is -2.42. The molecular formula is C19H27N3O2S. The standard InChI is InChI=1S/C19H27N3O2S/c1-13(11-16-10-9-14(2)25-16)22-19(20-3)21-12-15-7-6-8-17(23-4)18(15)24-5/h6-10,13H,11-12H2,1-5H3,(H2,20,21,22). The van der Waals surface area contributed by atoms with Crippen molar-refractivity contribution in [2.75, 3.05) is 21.3 Å². The van der Waals surface area contributed by atoms with Crippen LogP contribution in [0, 0.1) is 6.92 Å². The number of rotatable bonds is 7. The molecular weight excluding hydrogens is 334 g/mol. The lowest BCUT2D eigenvalue weighted by molar-refractivity contribution is 0.351. The molecule has 0 aliphatic carbocycles. The van der Waals surface area contributed by atoms with Gasteiger partial charge in [0.25, 0.3) is 0 Å². The van der Waals surface area contributed by atoms with Crippen LogP contribution < -0.4 is 20.1 Å². The maximum atomic E-state index is 5.47. The molecule has 2 aromatic rings. The molecule has 2 N–H and O–H groups in total. The van der Waals surface area contributed by atoms with Crippen molar-refractivity contribution < 1.29 is 9.47 Å². The summed E-state index contributed by atoms with van der Waals surface area (Å²) >= 11 is 1.84. The molecule has 0 saturated carbocycles. The van der Waals surface area contributed by atoms with Gasteiger partial charge in [-0.1, -0.05) is 12.1 Å². The summed E-state index contributed by atoms with van der Waals surface area (Å²) in [5, 5.41) is 6.77. The Morgan fingerprint density at radius 1 is 1.20 bits per heavy atom. The largest absolute Gasteiger partial charge is 0.493 e. The van der Waals surface area contributed by atoms with Crippen molar-refractivity contribution in [1.29, 1.82) is 0 Å². The minimum Gasteiger partial charge on any atom is -0.493 e. The number of para-hydroxylation sites is 1. The maximum Gasteiger partial charge on any atom is 0.191 e. The summed E-state index contributed by atoms with van der Waals surface area (Å²) in [6.45, 7) is 4.90. The number of nitrogens with one attached hydrogen (secondary N) is 2. The molecule has 2 rings (SSSR count). The Morgan fingerprint density at radius 3 is 2.60 bits per heavy atom. The molecule has 0 bridgehead atoms. The van der Waals surface area contributed by atoms with E-state index >= 15 is 0 Å². The fourth-order valence-corrected chi connectivity index (χ4v) is 3.67. The van der Waals surface area contributed by atoms with Gasteiger partial charge in [-0.15, -0.1) is 11.3 Å². The first-order valence-electron chi connectivity index (χ1n) is 8.29. The second kappa shape index (κ2) is 9.32. The van der Waals surface area contributed by atoms with Crippen LogP contribution >= 0.6 is 11.3 Å². The van der Waals surface area contributed by atoms with Crippen molar-refractivity contribution >= 4 is 17.3 Å². The van der Waals surface area contributed by atoms with Gasteiger partial charge in [0.1, 0.15) is 0 Å². The summed E-state index contributed by atoms with van der Waals surface area (Å²) in [7, 11) is 5.07. The van der Waals surface area contributed by atoms with E-state index in [0.717, 1.165) is 29.4 Å². The van der Waals surface area contributed by atoms with Crippen LogP contribution in [0.5, 0.6) is 11.5 Å². The van der Waals surface area contributed by atoms with Crippen molar-refractivity contribution in [2.24, 2.45) is 4.99 Å². The predicted octanol–water partition coefficient (Wildman–Crippen LogP) is 3.37. The number of aliphatic imine (C=N–C) groups is 1. The molecule has 1 aromatic carbocycles. The van der Waals surface area contributed by atoms with Crippen LogP contribution in [0.1, 0.15) is 22.2 Å². The Morgan fingerprint density at radius 2 is 2.00 bits per heavy atom. The van der Waals surface area contributed by atoms with Crippen LogP contribution in [0.25, 0.3) is 0 Å².